The van der Waals surface area contributed by atoms with Crippen LogP contribution in [0, 0.1) is 6.92 Å². The third kappa shape index (κ3) is 2.80. The first-order valence-corrected chi connectivity index (χ1v) is 6.97. The molecule has 21 heavy (non-hydrogen) atoms. The minimum absolute atomic E-state index is 0.186. The highest BCUT2D eigenvalue weighted by Gasteiger charge is 2.33. The molecule has 1 heterocycles. The number of alkyl halides is 3. The highest BCUT2D eigenvalue weighted by atomic mass is 19.4. The van der Waals surface area contributed by atoms with Crippen molar-refractivity contribution in [3.8, 4) is 11.4 Å². The van der Waals surface area contributed by atoms with Crippen LogP contribution in [0.3, 0.4) is 0 Å². The van der Waals surface area contributed by atoms with Gasteiger partial charge in [-0.05, 0) is 31.4 Å². The molecule has 0 radical (unpaired) electrons. The Balaban J connectivity index is 1.93. The van der Waals surface area contributed by atoms with Crippen molar-refractivity contribution in [3.63, 3.8) is 0 Å². The maximum Gasteiger partial charge on any atom is 0.416 e. The fourth-order valence-corrected chi connectivity index (χ4v) is 2.76. The van der Waals surface area contributed by atoms with Gasteiger partial charge in [-0.1, -0.05) is 30.1 Å². The first-order chi connectivity index (χ1) is 9.95. The van der Waals surface area contributed by atoms with E-state index in [1.807, 2.05) is 0 Å². The van der Waals surface area contributed by atoms with Crippen LogP contribution < -0.4 is 0 Å². The van der Waals surface area contributed by atoms with Gasteiger partial charge in [-0.3, -0.25) is 0 Å². The average Bonchev–Trinajstić information content (AvgIpc) is 3.09. The molecule has 1 saturated carbocycles. The minimum Gasteiger partial charge on any atom is -0.339 e. The Morgan fingerprint density at radius 3 is 2.57 bits per heavy atom. The third-order valence-corrected chi connectivity index (χ3v) is 3.95. The van der Waals surface area contributed by atoms with Gasteiger partial charge >= 0.3 is 6.18 Å². The van der Waals surface area contributed by atoms with E-state index in [9.17, 15) is 13.2 Å². The molecular formula is C15H15F3N2O. The predicted octanol–water partition coefficient (Wildman–Crippen LogP) is 4.72. The summed E-state index contributed by atoms with van der Waals surface area (Å²) in [5, 5.41) is 3.83. The molecule has 1 aromatic carbocycles. The molecule has 0 atom stereocenters. The molecule has 1 aliphatic rings. The number of benzene rings is 1. The summed E-state index contributed by atoms with van der Waals surface area (Å²) >= 11 is 0. The zero-order chi connectivity index (χ0) is 15.0. The van der Waals surface area contributed by atoms with Crippen molar-refractivity contribution in [1.29, 1.82) is 0 Å². The second kappa shape index (κ2) is 5.16. The van der Waals surface area contributed by atoms with E-state index in [2.05, 4.69) is 10.1 Å². The fraction of sp³-hybridized carbons (Fsp3) is 0.467. The number of hydrogen-bond donors (Lipinski definition) is 0. The summed E-state index contributed by atoms with van der Waals surface area (Å²) in [5.41, 5.74) is -0.140. The highest BCUT2D eigenvalue weighted by molar-refractivity contribution is 5.57. The van der Waals surface area contributed by atoms with E-state index < -0.39 is 11.7 Å². The number of nitrogens with zero attached hydrogens (tertiary/aromatic N) is 2. The standard InChI is InChI=1S/C15H15F3N2O/c1-9-6-7-11(8-12(9)15(16,17)18)13-19-14(21-20-13)10-4-2-3-5-10/h6-8,10H,2-5H2,1H3. The summed E-state index contributed by atoms with van der Waals surface area (Å²) in [6.07, 6.45) is -0.110. The summed E-state index contributed by atoms with van der Waals surface area (Å²) in [6.45, 7) is 1.44. The molecule has 0 aliphatic heterocycles. The zero-order valence-electron chi connectivity index (χ0n) is 11.6. The number of rotatable bonds is 2. The van der Waals surface area contributed by atoms with Crippen molar-refractivity contribution in [3.05, 3.63) is 35.2 Å². The molecular weight excluding hydrogens is 281 g/mol. The van der Waals surface area contributed by atoms with Crippen molar-refractivity contribution in [2.24, 2.45) is 0 Å². The molecule has 0 saturated heterocycles. The van der Waals surface area contributed by atoms with Crippen LogP contribution in [-0.2, 0) is 6.18 Å². The van der Waals surface area contributed by atoms with E-state index in [-0.39, 0.29) is 17.3 Å². The van der Waals surface area contributed by atoms with Crippen molar-refractivity contribution in [2.75, 3.05) is 0 Å². The van der Waals surface area contributed by atoms with Gasteiger partial charge < -0.3 is 4.52 Å². The second-order valence-corrected chi connectivity index (χ2v) is 5.47. The van der Waals surface area contributed by atoms with Gasteiger partial charge in [-0.2, -0.15) is 18.2 Å². The summed E-state index contributed by atoms with van der Waals surface area (Å²) in [7, 11) is 0. The van der Waals surface area contributed by atoms with Gasteiger partial charge in [0.2, 0.25) is 11.7 Å². The van der Waals surface area contributed by atoms with E-state index in [0.29, 0.717) is 11.5 Å². The molecule has 0 spiro atoms. The molecule has 6 heteroatoms. The van der Waals surface area contributed by atoms with Gasteiger partial charge in [0.1, 0.15) is 0 Å². The lowest BCUT2D eigenvalue weighted by Crippen LogP contribution is -2.07. The summed E-state index contributed by atoms with van der Waals surface area (Å²) in [6, 6.07) is 4.11. The van der Waals surface area contributed by atoms with Crippen LogP contribution in [0.15, 0.2) is 22.7 Å². The zero-order valence-corrected chi connectivity index (χ0v) is 11.6. The van der Waals surface area contributed by atoms with Gasteiger partial charge in [0.25, 0.3) is 0 Å². The topological polar surface area (TPSA) is 38.9 Å². The van der Waals surface area contributed by atoms with Crippen LogP contribution in [0.25, 0.3) is 11.4 Å². The number of aryl methyl sites for hydroxylation is 1. The molecule has 3 nitrogen and oxygen atoms in total. The van der Waals surface area contributed by atoms with Gasteiger partial charge in [0.15, 0.2) is 0 Å². The number of hydrogen-bond acceptors (Lipinski definition) is 3. The van der Waals surface area contributed by atoms with Crippen LogP contribution in [-0.4, -0.2) is 10.1 Å². The molecule has 0 N–H and O–H groups in total. The molecule has 1 fully saturated rings. The molecule has 0 unspecified atom stereocenters. The fourth-order valence-electron chi connectivity index (χ4n) is 2.76. The van der Waals surface area contributed by atoms with Crippen LogP contribution in [0.1, 0.15) is 48.6 Å². The van der Waals surface area contributed by atoms with Gasteiger partial charge in [0, 0.05) is 11.5 Å². The Kier molecular flexibility index (Phi) is 3.47. The first-order valence-electron chi connectivity index (χ1n) is 6.97. The first kappa shape index (κ1) is 14.1. The summed E-state index contributed by atoms with van der Waals surface area (Å²) in [5.74, 6) is 1.01. The molecule has 0 amide bonds. The van der Waals surface area contributed by atoms with E-state index in [1.54, 1.807) is 6.07 Å². The molecule has 2 aromatic rings. The maximum absolute atomic E-state index is 12.9. The van der Waals surface area contributed by atoms with E-state index in [0.717, 1.165) is 31.7 Å². The van der Waals surface area contributed by atoms with E-state index >= 15 is 0 Å². The highest BCUT2D eigenvalue weighted by Crippen LogP contribution is 2.36. The normalized spacial score (nSPS) is 16.6. The monoisotopic (exact) mass is 296 g/mol. The largest absolute Gasteiger partial charge is 0.416 e. The molecule has 1 aliphatic carbocycles. The second-order valence-electron chi connectivity index (χ2n) is 5.47. The Hall–Kier alpha value is -1.85. The average molecular weight is 296 g/mol. The summed E-state index contributed by atoms with van der Waals surface area (Å²) in [4.78, 5) is 4.27. The van der Waals surface area contributed by atoms with Crippen molar-refractivity contribution in [2.45, 2.75) is 44.7 Å². The van der Waals surface area contributed by atoms with Crippen molar-refractivity contribution in [1.82, 2.24) is 10.1 Å². The van der Waals surface area contributed by atoms with E-state index in [1.165, 1.54) is 13.0 Å². The van der Waals surface area contributed by atoms with Crippen LogP contribution in [0.4, 0.5) is 13.2 Å². The quantitative estimate of drug-likeness (QED) is 0.804. The van der Waals surface area contributed by atoms with Crippen LogP contribution >= 0.6 is 0 Å². The Morgan fingerprint density at radius 2 is 1.90 bits per heavy atom. The Morgan fingerprint density at radius 1 is 1.19 bits per heavy atom. The molecule has 1 aromatic heterocycles. The van der Waals surface area contributed by atoms with Crippen LogP contribution in [0.2, 0.25) is 0 Å². The number of halogens is 3. The van der Waals surface area contributed by atoms with Crippen molar-refractivity contribution >= 4 is 0 Å². The van der Waals surface area contributed by atoms with Crippen molar-refractivity contribution < 1.29 is 17.7 Å². The van der Waals surface area contributed by atoms with Gasteiger partial charge in [-0.25, -0.2) is 0 Å². The minimum atomic E-state index is -4.38. The van der Waals surface area contributed by atoms with Crippen LogP contribution in [0.5, 0.6) is 0 Å². The Bertz CT molecular complexity index is 643. The smallest absolute Gasteiger partial charge is 0.339 e. The predicted molar refractivity (Wildman–Crippen MR) is 70.7 cm³/mol. The molecule has 3 rings (SSSR count). The Labute approximate surface area is 120 Å². The SMILES string of the molecule is Cc1ccc(-c2noc(C3CCCC3)n2)cc1C(F)(F)F. The third-order valence-electron chi connectivity index (χ3n) is 3.95. The van der Waals surface area contributed by atoms with E-state index in [4.69, 9.17) is 4.52 Å². The lowest BCUT2D eigenvalue weighted by molar-refractivity contribution is -0.138. The lowest BCUT2D eigenvalue weighted by Gasteiger charge is -2.10. The lowest BCUT2D eigenvalue weighted by atomic mass is 10.0. The molecule has 0 bridgehead atoms. The number of aromatic nitrogens is 2. The van der Waals surface area contributed by atoms with Gasteiger partial charge in [-0.15, -0.1) is 0 Å². The maximum atomic E-state index is 12.9. The van der Waals surface area contributed by atoms with Gasteiger partial charge in [0.05, 0.1) is 5.56 Å². The summed E-state index contributed by atoms with van der Waals surface area (Å²) < 4.78 is 44.0. The molecule has 112 valence electrons.